The van der Waals surface area contributed by atoms with Gasteiger partial charge >= 0.3 is 0 Å². The lowest BCUT2D eigenvalue weighted by atomic mass is 9.93. The van der Waals surface area contributed by atoms with Crippen LogP contribution >= 0.6 is 0 Å². The molecule has 0 aliphatic carbocycles. The van der Waals surface area contributed by atoms with Gasteiger partial charge in [0.15, 0.2) is 0 Å². The van der Waals surface area contributed by atoms with Crippen molar-refractivity contribution >= 4 is 21.7 Å². The lowest BCUT2D eigenvalue weighted by molar-refractivity contribution is 1.39. The minimum Gasteiger partial charge on any atom is -0.256 e. The van der Waals surface area contributed by atoms with Crippen LogP contribution in [-0.2, 0) is 0 Å². The standard InChI is InChI=1S/C20H15N/c1-14-11-12-16-8-5-13-21-20(16)19(14)18-10-4-7-15-6-2-3-9-17(15)18/h2-13H,1H3. The largest absolute Gasteiger partial charge is 0.256 e. The molecule has 0 aliphatic heterocycles. The summed E-state index contributed by atoms with van der Waals surface area (Å²) in [7, 11) is 0. The van der Waals surface area contributed by atoms with Crippen molar-refractivity contribution < 1.29 is 0 Å². The quantitative estimate of drug-likeness (QED) is 0.453. The summed E-state index contributed by atoms with van der Waals surface area (Å²) in [5.74, 6) is 0. The molecule has 0 unspecified atom stereocenters. The van der Waals surface area contributed by atoms with Gasteiger partial charge in [-0.25, -0.2) is 0 Å². The van der Waals surface area contributed by atoms with E-state index in [4.69, 9.17) is 0 Å². The molecule has 0 aliphatic rings. The number of pyridine rings is 1. The molecule has 0 N–H and O–H groups in total. The van der Waals surface area contributed by atoms with Crippen molar-refractivity contribution in [2.45, 2.75) is 6.92 Å². The lowest BCUT2D eigenvalue weighted by Crippen LogP contribution is -1.90. The normalized spacial score (nSPS) is 11.1. The van der Waals surface area contributed by atoms with Gasteiger partial charge in [-0.2, -0.15) is 0 Å². The maximum atomic E-state index is 4.63. The molecule has 0 amide bonds. The molecule has 1 nitrogen and oxygen atoms in total. The van der Waals surface area contributed by atoms with Crippen LogP contribution in [0.3, 0.4) is 0 Å². The summed E-state index contributed by atoms with van der Waals surface area (Å²) in [6.07, 6.45) is 1.87. The van der Waals surface area contributed by atoms with E-state index >= 15 is 0 Å². The number of hydrogen-bond donors (Lipinski definition) is 0. The second kappa shape index (κ2) is 4.71. The Morgan fingerprint density at radius 2 is 1.52 bits per heavy atom. The number of aryl methyl sites for hydroxylation is 1. The van der Waals surface area contributed by atoms with Crippen LogP contribution in [0.25, 0.3) is 32.8 Å². The zero-order chi connectivity index (χ0) is 14.2. The van der Waals surface area contributed by atoms with Crippen molar-refractivity contribution in [2.24, 2.45) is 0 Å². The lowest BCUT2D eigenvalue weighted by Gasteiger charge is -2.12. The maximum absolute atomic E-state index is 4.63. The Kier molecular flexibility index (Phi) is 2.71. The first kappa shape index (κ1) is 12.1. The first-order chi connectivity index (χ1) is 10.3. The van der Waals surface area contributed by atoms with Crippen molar-refractivity contribution in [1.82, 2.24) is 4.98 Å². The minimum absolute atomic E-state index is 1.08. The third-order valence-electron chi connectivity index (χ3n) is 4.04. The van der Waals surface area contributed by atoms with Gasteiger partial charge in [-0.3, -0.25) is 4.98 Å². The van der Waals surface area contributed by atoms with Gasteiger partial charge in [0.05, 0.1) is 5.52 Å². The van der Waals surface area contributed by atoms with Crippen molar-refractivity contribution in [1.29, 1.82) is 0 Å². The fourth-order valence-electron chi connectivity index (χ4n) is 3.03. The van der Waals surface area contributed by atoms with E-state index in [1.165, 1.54) is 32.8 Å². The SMILES string of the molecule is Cc1ccc2cccnc2c1-c1cccc2ccccc12. The summed E-state index contributed by atoms with van der Waals surface area (Å²) < 4.78 is 0. The molecule has 4 aromatic rings. The number of aromatic nitrogens is 1. The van der Waals surface area contributed by atoms with Crippen LogP contribution in [0, 0.1) is 6.92 Å². The molecule has 0 bridgehead atoms. The van der Waals surface area contributed by atoms with E-state index in [9.17, 15) is 0 Å². The van der Waals surface area contributed by atoms with Gasteiger partial charge in [-0.15, -0.1) is 0 Å². The molecule has 4 rings (SSSR count). The Morgan fingerprint density at radius 1 is 0.714 bits per heavy atom. The zero-order valence-corrected chi connectivity index (χ0v) is 11.9. The summed E-state index contributed by atoms with van der Waals surface area (Å²) in [5.41, 5.74) is 4.84. The van der Waals surface area contributed by atoms with Crippen LogP contribution in [0.5, 0.6) is 0 Å². The number of benzene rings is 3. The number of hydrogen-bond acceptors (Lipinski definition) is 1. The van der Waals surface area contributed by atoms with Crippen LogP contribution in [0.1, 0.15) is 5.56 Å². The van der Waals surface area contributed by atoms with Crippen molar-refractivity contribution in [2.75, 3.05) is 0 Å². The molecule has 3 aromatic carbocycles. The van der Waals surface area contributed by atoms with Gasteiger partial charge in [-0.1, -0.05) is 60.7 Å². The zero-order valence-electron chi connectivity index (χ0n) is 11.9. The molecule has 0 saturated carbocycles. The fraction of sp³-hybridized carbons (Fsp3) is 0.0500. The molecule has 0 saturated heterocycles. The average Bonchev–Trinajstić information content (AvgIpc) is 2.54. The Morgan fingerprint density at radius 3 is 2.48 bits per heavy atom. The molecule has 0 atom stereocenters. The van der Waals surface area contributed by atoms with Crippen molar-refractivity contribution in [3.63, 3.8) is 0 Å². The highest BCUT2D eigenvalue weighted by Crippen LogP contribution is 2.35. The van der Waals surface area contributed by atoms with E-state index in [-0.39, 0.29) is 0 Å². The van der Waals surface area contributed by atoms with E-state index in [0.717, 1.165) is 5.52 Å². The van der Waals surface area contributed by atoms with Gasteiger partial charge in [0, 0.05) is 17.1 Å². The Labute approximate surface area is 123 Å². The highest BCUT2D eigenvalue weighted by atomic mass is 14.6. The first-order valence-corrected chi connectivity index (χ1v) is 7.17. The highest BCUT2D eigenvalue weighted by molar-refractivity contribution is 6.05. The smallest absolute Gasteiger partial charge is 0.0783 e. The minimum atomic E-state index is 1.08. The van der Waals surface area contributed by atoms with Gasteiger partial charge in [-0.05, 0) is 34.9 Å². The van der Waals surface area contributed by atoms with Crippen LogP contribution in [0.4, 0.5) is 0 Å². The van der Waals surface area contributed by atoms with E-state index in [0.29, 0.717) is 0 Å². The first-order valence-electron chi connectivity index (χ1n) is 7.17. The molecule has 1 aromatic heterocycles. The number of nitrogens with zero attached hydrogens (tertiary/aromatic N) is 1. The number of fused-ring (bicyclic) bond motifs is 2. The molecular formula is C20H15N. The Hall–Kier alpha value is -2.67. The highest BCUT2D eigenvalue weighted by Gasteiger charge is 2.10. The van der Waals surface area contributed by atoms with Gasteiger partial charge in [0.1, 0.15) is 0 Å². The predicted molar refractivity (Wildman–Crippen MR) is 89.4 cm³/mol. The van der Waals surface area contributed by atoms with Gasteiger partial charge in [0.25, 0.3) is 0 Å². The molecule has 100 valence electrons. The summed E-state index contributed by atoms with van der Waals surface area (Å²) in [6.45, 7) is 2.16. The summed E-state index contributed by atoms with van der Waals surface area (Å²) in [4.78, 5) is 4.63. The second-order valence-electron chi connectivity index (χ2n) is 5.36. The van der Waals surface area contributed by atoms with Gasteiger partial charge in [0.2, 0.25) is 0 Å². The Balaban J connectivity index is 2.16. The second-order valence-corrected chi connectivity index (χ2v) is 5.36. The summed E-state index contributed by atoms with van der Waals surface area (Å²) in [5, 5.41) is 3.73. The topological polar surface area (TPSA) is 12.9 Å². The number of rotatable bonds is 1. The average molecular weight is 269 g/mol. The predicted octanol–water partition coefficient (Wildman–Crippen LogP) is 5.36. The van der Waals surface area contributed by atoms with Crippen molar-refractivity contribution in [3.8, 4) is 11.1 Å². The van der Waals surface area contributed by atoms with E-state index in [1.807, 2.05) is 12.3 Å². The fourth-order valence-corrected chi connectivity index (χ4v) is 3.03. The molecule has 21 heavy (non-hydrogen) atoms. The van der Waals surface area contributed by atoms with Crippen LogP contribution in [0.15, 0.2) is 72.9 Å². The van der Waals surface area contributed by atoms with E-state index in [2.05, 4.69) is 72.6 Å². The Bertz CT molecular complexity index is 949. The molecular weight excluding hydrogens is 254 g/mol. The van der Waals surface area contributed by atoms with Crippen LogP contribution in [-0.4, -0.2) is 4.98 Å². The van der Waals surface area contributed by atoms with E-state index < -0.39 is 0 Å². The maximum Gasteiger partial charge on any atom is 0.0783 e. The molecule has 0 spiro atoms. The molecule has 1 heteroatoms. The van der Waals surface area contributed by atoms with Crippen molar-refractivity contribution in [3.05, 3.63) is 78.5 Å². The third-order valence-corrected chi connectivity index (χ3v) is 4.04. The molecule has 1 heterocycles. The van der Waals surface area contributed by atoms with Crippen LogP contribution in [0.2, 0.25) is 0 Å². The third kappa shape index (κ3) is 1.90. The molecule has 0 radical (unpaired) electrons. The monoisotopic (exact) mass is 269 g/mol. The van der Waals surface area contributed by atoms with Gasteiger partial charge < -0.3 is 0 Å². The summed E-state index contributed by atoms with van der Waals surface area (Å²) in [6, 6.07) is 23.4. The summed E-state index contributed by atoms with van der Waals surface area (Å²) >= 11 is 0. The van der Waals surface area contributed by atoms with E-state index in [1.54, 1.807) is 0 Å². The van der Waals surface area contributed by atoms with Crippen LogP contribution < -0.4 is 0 Å². The molecule has 0 fully saturated rings.